The van der Waals surface area contributed by atoms with Crippen LogP contribution in [0, 0.1) is 11.3 Å². The number of H-pyrrole nitrogens is 1. The summed E-state index contributed by atoms with van der Waals surface area (Å²) in [4.78, 5) is 14.5. The van der Waals surface area contributed by atoms with E-state index in [-0.39, 0.29) is 12.0 Å². The lowest BCUT2D eigenvalue weighted by molar-refractivity contribution is 1.08. The van der Waals surface area contributed by atoms with Gasteiger partial charge in [-0.1, -0.05) is 23.2 Å². The first-order valence-corrected chi connectivity index (χ1v) is 5.91. The molecule has 2 rings (SSSR count). The molecule has 0 atom stereocenters. The van der Waals surface area contributed by atoms with Crippen LogP contribution in [0.3, 0.4) is 0 Å². The number of aromatic amines is 1. The van der Waals surface area contributed by atoms with Crippen molar-refractivity contribution in [2.45, 2.75) is 6.42 Å². The van der Waals surface area contributed by atoms with Crippen molar-refractivity contribution in [3.05, 3.63) is 56.4 Å². The van der Waals surface area contributed by atoms with Gasteiger partial charge >= 0.3 is 0 Å². The van der Waals surface area contributed by atoms with E-state index in [9.17, 15) is 4.79 Å². The van der Waals surface area contributed by atoms with E-state index in [4.69, 9.17) is 28.5 Å². The first kappa shape index (κ1) is 12.7. The quantitative estimate of drug-likeness (QED) is 0.915. The molecule has 90 valence electrons. The summed E-state index contributed by atoms with van der Waals surface area (Å²) in [5.41, 5.74) is 1.44. The minimum absolute atomic E-state index is 0.172. The van der Waals surface area contributed by atoms with Gasteiger partial charge in [0.2, 0.25) is 0 Å². The van der Waals surface area contributed by atoms with E-state index in [0.29, 0.717) is 26.9 Å². The molecule has 1 heterocycles. The molecule has 0 aliphatic rings. The minimum atomic E-state index is -0.263. The fourth-order valence-corrected chi connectivity index (χ4v) is 2.17. The predicted molar refractivity (Wildman–Crippen MR) is 71.8 cm³/mol. The largest absolute Gasteiger partial charge is 0.325 e. The molecule has 18 heavy (non-hydrogen) atoms. The molecule has 0 fully saturated rings. The maximum atomic E-state index is 11.9. The van der Waals surface area contributed by atoms with Gasteiger partial charge in [-0.15, -0.1) is 0 Å². The van der Waals surface area contributed by atoms with E-state index in [1.54, 1.807) is 30.3 Å². The summed E-state index contributed by atoms with van der Waals surface area (Å²) in [6.45, 7) is 0. The fourth-order valence-electron chi connectivity index (χ4n) is 1.64. The molecule has 0 bridgehead atoms. The lowest BCUT2D eigenvalue weighted by Gasteiger charge is -2.03. The van der Waals surface area contributed by atoms with Crippen LogP contribution >= 0.6 is 23.2 Å². The van der Waals surface area contributed by atoms with E-state index in [1.807, 2.05) is 6.07 Å². The molecule has 0 aliphatic carbocycles. The summed E-state index contributed by atoms with van der Waals surface area (Å²) < 4.78 is 0. The van der Waals surface area contributed by atoms with Gasteiger partial charge in [0.1, 0.15) is 0 Å². The van der Waals surface area contributed by atoms with Crippen molar-refractivity contribution in [2.24, 2.45) is 0 Å². The van der Waals surface area contributed by atoms with Crippen LogP contribution in [0.25, 0.3) is 11.1 Å². The molecule has 0 saturated carbocycles. The first-order valence-electron chi connectivity index (χ1n) is 5.16. The van der Waals surface area contributed by atoms with Crippen molar-refractivity contribution in [2.75, 3.05) is 0 Å². The minimum Gasteiger partial charge on any atom is -0.325 e. The number of benzene rings is 1. The number of hydrogen-bond acceptors (Lipinski definition) is 2. The number of hydrogen-bond donors (Lipinski definition) is 1. The Balaban J connectivity index is 2.52. The van der Waals surface area contributed by atoms with Gasteiger partial charge in [0, 0.05) is 21.3 Å². The Kier molecular flexibility index (Phi) is 3.71. The molecule has 5 heteroatoms. The monoisotopic (exact) mass is 278 g/mol. The van der Waals surface area contributed by atoms with Crippen LogP contribution in [0.2, 0.25) is 10.0 Å². The molecular formula is C13H8Cl2N2O. The molecular weight excluding hydrogens is 271 g/mol. The van der Waals surface area contributed by atoms with Crippen molar-refractivity contribution in [1.29, 1.82) is 5.26 Å². The predicted octanol–water partition coefficient (Wildman–Crippen LogP) is 3.41. The Morgan fingerprint density at radius 3 is 2.39 bits per heavy atom. The van der Waals surface area contributed by atoms with Crippen LogP contribution in [0.1, 0.15) is 5.69 Å². The van der Waals surface area contributed by atoms with Crippen molar-refractivity contribution >= 4 is 23.2 Å². The van der Waals surface area contributed by atoms with Crippen LogP contribution in [0.15, 0.2) is 35.1 Å². The highest BCUT2D eigenvalue weighted by Gasteiger charge is 2.06. The third-order valence-corrected chi connectivity index (χ3v) is 2.85. The normalized spacial score (nSPS) is 10.1. The van der Waals surface area contributed by atoms with Crippen molar-refractivity contribution in [3.8, 4) is 17.2 Å². The molecule has 0 spiro atoms. The smallest absolute Gasteiger partial charge is 0.256 e. The van der Waals surface area contributed by atoms with Crippen LogP contribution in [-0.4, -0.2) is 4.98 Å². The number of nitrogens with one attached hydrogen (secondary N) is 1. The average Bonchev–Trinajstić information content (AvgIpc) is 2.28. The topological polar surface area (TPSA) is 56.6 Å². The zero-order valence-corrected chi connectivity index (χ0v) is 10.7. The second kappa shape index (κ2) is 5.26. The Bertz CT molecular complexity index is 666. The number of aromatic nitrogens is 1. The van der Waals surface area contributed by atoms with Gasteiger partial charge in [0.05, 0.1) is 12.5 Å². The van der Waals surface area contributed by atoms with Crippen LogP contribution in [0.5, 0.6) is 0 Å². The van der Waals surface area contributed by atoms with Crippen LogP contribution in [-0.2, 0) is 6.42 Å². The molecule has 2 aromatic rings. The summed E-state index contributed by atoms with van der Waals surface area (Å²) in [5, 5.41) is 9.50. The second-order valence-electron chi connectivity index (χ2n) is 3.72. The van der Waals surface area contributed by atoms with Crippen LogP contribution in [0.4, 0.5) is 0 Å². The van der Waals surface area contributed by atoms with E-state index >= 15 is 0 Å². The molecule has 0 unspecified atom stereocenters. The summed E-state index contributed by atoms with van der Waals surface area (Å²) in [6.07, 6.45) is 0.172. The van der Waals surface area contributed by atoms with Gasteiger partial charge in [-0.05, 0) is 35.9 Å². The molecule has 0 aliphatic heterocycles. The Morgan fingerprint density at radius 2 is 1.83 bits per heavy atom. The second-order valence-corrected chi connectivity index (χ2v) is 4.59. The summed E-state index contributed by atoms with van der Waals surface area (Å²) in [6, 6.07) is 10.3. The van der Waals surface area contributed by atoms with Crippen molar-refractivity contribution in [3.63, 3.8) is 0 Å². The zero-order valence-electron chi connectivity index (χ0n) is 9.21. The van der Waals surface area contributed by atoms with Gasteiger partial charge in [-0.2, -0.15) is 5.26 Å². The summed E-state index contributed by atoms with van der Waals surface area (Å²) in [5.74, 6) is 0. The molecule has 3 nitrogen and oxygen atoms in total. The van der Waals surface area contributed by atoms with Gasteiger partial charge in [0.25, 0.3) is 5.56 Å². The maximum Gasteiger partial charge on any atom is 0.256 e. The zero-order chi connectivity index (χ0) is 13.1. The molecule has 1 aromatic carbocycles. The van der Waals surface area contributed by atoms with E-state index < -0.39 is 0 Å². The number of pyridine rings is 1. The highest BCUT2D eigenvalue weighted by molar-refractivity contribution is 6.35. The molecule has 0 saturated heterocycles. The third-order valence-electron chi connectivity index (χ3n) is 2.41. The average molecular weight is 279 g/mol. The maximum absolute atomic E-state index is 11.9. The summed E-state index contributed by atoms with van der Waals surface area (Å²) in [7, 11) is 0. The highest BCUT2D eigenvalue weighted by Crippen LogP contribution is 2.25. The first-order chi connectivity index (χ1) is 8.60. The molecule has 1 N–H and O–H groups in total. The van der Waals surface area contributed by atoms with Gasteiger partial charge in [-0.25, -0.2) is 0 Å². The van der Waals surface area contributed by atoms with E-state index in [2.05, 4.69) is 4.98 Å². The fraction of sp³-hybridized carbons (Fsp3) is 0.0769. The van der Waals surface area contributed by atoms with Gasteiger partial charge in [0.15, 0.2) is 0 Å². The SMILES string of the molecule is N#CCc1ccc(-c2cc(Cl)cc(Cl)c2)c(=O)[nH]1. The standard InChI is InChI=1S/C13H8Cl2N2O/c14-9-5-8(6-10(15)7-9)12-2-1-11(3-4-16)17-13(12)18/h1-2,5-7H,3H2,(H,17,18). The lowest BCUT2D eigenvalue weighted by Crippen LogP contribution is -2.10. The number of nitriles is 1. The van der Waals surface area contributed by atoms with Crippen molar-refractivity contribution in [1.82, 2.24) is 4.98 Å². The number of nitrogens with zero attached hydrogens (tertiary/aromatic N) is 1. The van der Waals surface area contributed by atoms with Crippen LogP contribution < -0.4 is 5.56 Å². The van der Waals surface area contributed by atoms with E-state index in [1.165, 1.54) is 0 Å². The number of rotatable bonds is 2. The molecule has 0 amide bonds. The molecule has 1 aromatic heterocycles. The van der Waals surface area contributed by atoms with E-state index in [0.717, 1.165) is 0 Å². The Labute approximate surface area is 114 Å². The Hall–Kier alpha value is -1.76. The lowest BCUT2D eigenvalue weighted by atomic mass is 10.1. The molecule has 0 radical (unpaired) electrons. The third kappa shape index (κ3) is 2.73. The van der Waals surface area contributed by atoms with Crippen molar-refractivity contribution < 1.29 is 0 Å². The number of halogens is 2. The highest BCUT2D eigenvalue weighted by atomic mass is 35.5. The van der Waals surface area contributed by atoms with Gasteiger partial charge < -0.3 is 4.98 Å². The Morgan fingerprint density at radius 1 is 1.17 bits per heavy atom. The van der Waals surface area contributed by atoms with Gasteiger partial charge in [-0.3, -0.25) is 4.79 Å². The summed E-state index contributed by atoms with van der Waals surface area (Å²) >= 11 is 11.8.